The fraction of sp³-hybridized carbons (Fsp3) is 0. The predicted octanol–water partition coefficient (Wildman–Crippen LogP) is 4.92. The first-order chi connectivity index (χ1) is 12.1. The van der Waals surface area contributed by atoms with Gasteiger partial charge in [-0.1, -0.05) is 58.4 Å². The quantitative estimate of drug-likeness (QED) is 0.447. The summed E-state index contributed by atoms with van der Waals surface area (Å²) in [7, 11) is -4.01. The molecule has 1 aromatic heterocycles. The van der Waals surface area contributed by atoms with Gasteiger partial charge in [-0.15, -0.1) is 0 Å². The summed E-state index contributed by atoms with van der Waals surface area (Å²) in [5.74, 6) is 0.213. The monoisotopic (exact) mass is 413 g/mol. The number of fused-ring (bicyclic) bond motifs is 2. The van der Waals surface area contributed by atoms with Gasteiger partial charge in [0.05, 0.1) is 0 Å². The molecule has 0 fully saturated rings. The minimum atomic E-state index is -4.01. The molecule has 0 saturated carbocycles. The second-order valence-corrected chi connectivity index (χ2v) is 7.83. The molecule has 4 nitrogen and oxygen atoms in total. The fourth-order valence-corrected chi connectivity index (χ4v) is 4.38. The van der Waals surface area contributed by atoms with Gasteiger partial charge in [0, 0.05) is 21.4 Å². The summed E-state index contributed by atoms with van der Waals surface area (Å²) in [5.41, 5.74) is 0.509. The Balaban J connectivity index is 1.87. The summed E-state index contributed by atoms with van der Waals surface area (Å²) >= 11 is 3.45. The summed E-state index contributed by atoms with van der Waals surface area (Å²) in [6.45, 7) is 0. The van der Waals surface area contributed by atoms with Crippen molar-refractivity contribution in [1.29, 1.82) is 0 Å². The van der Waals surface area contributed by atoms with E-state index < -0.39 is 10.1 Å². The van der Waals surface area contributed by atoms with E-state index in [1.807, 2.05) is 24.3 Å². The van der Waals surface area contributed by atoms with Gasteiger partial charge in [0.25, 0.3) is 0 Å². The van der Waals surface area contributed by atoms with Crippen molar-refractivity contribution in [2.24, 2.45) is 0 Å². The molecule has 0 aliphatic heterocycles. The van der Waals surface area contributed by atoms with Gasteiger partial charge in [0.2, 0.25) is 0 Å². The molecule has 0 atom stereocenters. The fourth-order valence-electron chi connectivity index (χ4n) is 2.76. The van der Waals surface area contributed by atoms with Gasteiger partial charge in [-0.05, 0) is 29.7 Å². The maximum atomic E-state index is 12.9. The summed E-state index contributed by atoms with van der Waals surface area (Å²) in [6, 6.07) is 19.4. The van der Waals surface area contributed by atoms with Crippen molar-refractivity contribution in [3.63, 3.8) is 0 Å². The molecule has 0 unspecified atom stereocenters. The number of halogens is 1. The van der Waals surface area contributed by atoms with Crippen LogP contribution in [-0.2, 0) is 10.1 Å². The van der Waals surface area contributed by atoms with Crippen LogP contribution in [-0.4, -0.2) is 13.4 Å². The van der Waals surface area contributed by atoms with Crippen molar-refractivity contribution in [1.82, 2.24) is 4.98 Å². The van der Waals surface area contributed by atoms with Gasteiger partial charge in [-0.3, -0.25) is 4.98 Å². The zero-order valence-electron chi connectivity index (χ0n) is 12.9. The van der Waals surface area contributed by atoms with Crippen molar-refractivity contribution < 1.29 is 12.6 Å². The molecular formula is C19H12BrNO3S. The Bertz CT molecular complexity index is 1200. The van der Waals surface area contributed by atoms with Crippen molar-refractivity contribution >= 4 is 47.7 Å². The first-order valence-electron chi connectivity index (χ1n) is 7.52. The molecule has 4 rings (SSSR count). The van der Waals surface area contributed by atoms with E-state index in [9.17, 15) is 8.42 Å². The van der Waals surface area contributed by atoms with Gasteiger partial charge in [-0.2, -0.15) is 8.42 Å². The van der Waals surface area contributed by atoms with Crippen molar-refractivity contribution in [2.45, 2.75) is 4.90 Å². The molecule has 0 saturated heterocycles. The molecule has 3 aromatic carbocycles. The van der Waals surface area contributed by atoms with E-state index in [0.29, 0.717) is 10.9 Å². The Morgan fingerprint density at radius 2 is 1.60 bits per heavy atom. The molecule has 4 aromatic rings. The van der Waals surface area contributed by atoms with E-state index in [-0.39, 0.29) is 10.6 Å². The Labute approximate surface area is 153 Å². The average Bonchev–Trinajstić information content (AvgIpc) is 2.62. The van der Waals surface area contributed by atoms with Gasteiger partial charge >= 0.3 is 10.1 Å². The molecule has 1 heterocycles. The summed E-state index contributed by atoms with van der Waals surface area (Å²) in [6.07, 6.45) is 1.61. The van der Waals surface area contributed by atoms with Gasteiger partial charge in [0.15, 0.2) is 5.75 Å². The highest BCUT2D eigenvalue weighted by atomic mass is 79.9. The van der Waals surface area contributed by atoms with Crippen LogP contribution >= 0.6 is 15.9 Å². The van der Waals surface area contributed by atoms with E-state index >= 15 is 0 Å². The average molecular weight is 414 g/mol. The number of para-hydroxylation sites is 1. The van der Waals surface area contributed by atoms with E-state index in [1.165, 1.54) is 0 Å². The van der Waals surface area contributed by atoms with Crippen LogP contribution in [0.15, 0.2) is 82.3 Å². The van der Waals surface area contributed by atoms with E-state index in [2.05, 4.69) is 20.9 Å². The highest BCUT2D eigenvalue weighted by Gasteiger charge is 2.21. The minimum absolute atomic E-state index is 0.124. The third-order valence-corrected chi connectivity index (χ3v) is 5.88. The highest BCUT2D eigenvalue weighted by Crippen LogP contribution is 2.32. The summed E-state index contributed by atoms with van der Waals surface area (Å²) < 4.78 is 32.1. The van der Waals surface area contributed by atoms with Crippen LogP contribution in [0, 0.1) is 0 Å². The van der Waals surface area contributed by atoms with Crippen LogP contribution in [0.1, 0.15) is 0 Å². The molecule has 0 aliphatic carbocycles. The first kappa shape index (κ1) is 16.1. The zero-order valence-corrected chi connectivity index (χ0v) is 15.3. The van der Waals surface area contributed by atoms with Gasteiger partial charge in [-0.25, -0.2) is 0 Å². The number of benzene rings is 3. The van der Waals surface area contributed by atoms with Crippen LogP contribution in [0.25, 0.3) is 21.7 Å². The summed E-state index contributed by atoms with van der Waals surface area (Å²) in [4.78, 5) is 4.36. The summed E-state index contributed by atoms with van der Waals surface area (Å²) in [5, 5.41) is 2.23. The smallest absolute Gasteiger partial charge is 0.339 e. The lowest BCUT2D eigenvalue weighted by atomic mass is 10.1. The number of pyridine rings is 1. The van der Waals surface area contributed by atoms with E-state index in [0.717, 1.165) is 15.2 Å². The Morgan fingerprint density at radius 1 is 0.840 bits per heavy atom. The lowest BCUT2D eigenvalue weighted by molar-refractivity contribution is 0.489. The Kier molecular flexibility index (Phi) is 3.94. The molecule has 124 valence electrons. The third-order valence-electron chi connectivity index (χ3n) is 3.90. The van der Waals surface area contributed by atoms with Crippen molar-refractivity contribution in [2.75, 3.05) is 0 Å². The standard InChI is InChI=1S/C19H12BrNO3S/c20-16-10-11-18(15-8-2-1-7-14(15)16)25(22,23)24-17-9-3-5-13-6-4-12-21-19(13)17/h1-12H. The maximum absolute atomic E-state index is 12.9. The Hall–Kier alpha value is -2.44. The van der Waals surface area contributed by atoms with E-state index in [4.69, 9.17) is 4.18 Å². The molecule has 6 heteroatoms. The second-order valence-electron chi connectivity index (χ2n) is 5.46. The first-order valence-corrected chi connectivity index (χ1v) is 9.72. The molecule has 0 aliphatic rings. The molecule has 0 amide bonds. The zero-order chi connectivity index (χ0) is 17.4. The van der Waals surface area contributed by atoms with Gasteiger partial charge < -0.3 is 4.18 Å². The van der Waals surface area contributed by atoms with Crippen LogP contribution < -0.4 is 4.18 Å². The predicted molar refractivity (Wildman–Crippen MR) is 101 cm³/mol. The van der Waals surface area contributed by atoms with Crippen LogP contribution in [0.3, 0.4) is 0 Å². The maximum Gasteiger partial charge on any atom is 0.339 e. The van der Waals surface area contributed by atoms with Crippen molar-refractivity contribution in [3.8, 4) is 5.75 Å². The number of nitrogens with zero attached hydrogens (tertiary/aromatic N) is 1. The lowest BCUT2D eigenvalue weighted by Crippen LogP contribution is -2.11. The lowest BCUT2D eigenvalue weighted by Gasteiger charge is -2.11. The number of hydrogen-bond acceptors (Lipinski definition) is 4. The van der Waals surface area contributed by atoms with Crippen LogP contribution in [0.5, 0.6) is 5.75 Å². The normalized spacial score (nSPS) is 11.7. The molecule has 0 N–H and O–H groups in total. The van der Waals surface area contributed by atoms with Crippen LogP contribution in [0.2, 0.25) is 0 Å². The second kappa shape index (κ2) is 6.13. The SMILES string of the molecule is O=S(=O)(Oc1cccc2cccnc12)c1ccc(Br)c2ccccc12. The van der Waals surface area contributed by atoms with Gasteiger partial charge in [0.1, 0.15) is 10.4 Å². The molecule has 0 bridgehead atoms. The molecule has 25 heavy (non-hydrogen) atoms. The minimum Gasteiger partial charge on any atom is -0.377 e. The van der Waals surface area contributed by atoms with Crippen LogP contribution in [0.4, 0.5) is 0 Å². The third kappa shape index (κ3) is 2.88. The molecule has 0 spiro atoms. The number of hydrogen-bond donors (Lipinski definition) is 0. The van der Waals surface area contributed by atoms with Crippen molar-refractivity contribution in [3.05, 3.63) is 77.4 Å². The highest BCUT2D eigenvalue weighted by molar-refractivity contribution is 9.10. The Morgan fingerprint density at radius 3 is 2.44 bits per heavy atom. The topological polar surface area (TPSA) is 56.3 Å². The number of aromatic nitrogens is 1. The largest absolute Gasteiger partial charge is 0.377 e. The molecular weight excluding hydrogens is 402 g/mol. The molecule has 0 radical (unpaired) electrons. The van der Waals surface area contributed by atoms with E-state index in [1.54, 1.807) is 48.7 Å². The number of rotatable bonds is 3.